The number of thioether (sulfide) groups is 1. The third kappa shape index (κ3) is 5.29. The van der Waals surface area contributed by atoms with E-state index in [2.05, 4.69) is 10.6 Å². The Balaban J connectivity index is 1.74. The van der Waals surface area contributed by atoms with Crippen LogP contribution < -0.4 is 10.6 Å². The number of nitrogens with one attached hydrogen (secondary N) is 2. The average molecular weight is 457 g/mol. The molecular weight excluding hydrogens is 439 g/mol. The van der Waals surface area contributed by atoms with Crippen molar-refractivity contribution in [2.24, 2.45) is 5.92 Å². The van der Waals surface area contributed by atoms with Gasteiger partial charge in [0, 0.05) is 28.0 Å². The fraction of sp³-hybridized carbons (Fsp3) is 0.263. The molecule has 2 N–H and O–H groups in total. The lowest BCUT2D eigenvalue weighted by Crippen LogP contribution is -2.27. The largest absolute Gasteiger partial charge is 0.325 e. The minimum Gasteiger partial charge on any atom is -0.325 e. The van der Waals surface area contributed by atoms with Gasteiger partial charge in [-0.05, 0) is 36.4 Å². The molecule has 0 spiro atoms. The molecule has 2 aromatic rings. The molecule has 1 aliphatic heterocycles. The topological polar surface area (TPSA) is 92.3 Å². The molecule has 2 amide bonds. The SMILES string of the molecule is C[C@H](CS(=O)(=O)c1ccc2c(c1)NC(=O)CCS2)C(=O)Nc1ccc(Cl)cc1F. The molecule has 0 saturated carbocycles. The maximum absolute atomic E-state index is 13.8. The summed E-state index contributed by atoms with van der Waals surface area (Å²) in [5.74, 6) is -2.30. The number of fused-ring (bicyclic) bond motifs is 1. The van der Waals surface area contributed by atoms with Crippen molar-refractivity contribution >= 4 is 56.4 Å². The highest BCUT2D eigenvalue weighted by molar-refractivity contribution is 7.99. The second-order valence-electron chi connectivity index (χ2n) is 6.60. The summed E-state index contributed by atoms with van der Waals surface area (Å²) in [6, 6.07) is 8.30. The molecule has 3 rings (SSSR count). The summed E-state index contributed by atoms with van der Waals surface area (Å²) in [6.07, 6.45) is 0.347. The number of amides is 2. The Labute approximate surface area is 177 Å². The van der Waals surface area contributed by atoms with Gasteiger partial charge in [-0.3, -0.25) is 9.59 Å². The van der Waals surface area contributed by atoms with E-state index < -0.39 is 33.2 Å². The van der Waals surface area contributed by atoms with Crippen LogP contribution in [0.5, 0.6) is 0 Å². The Kier molecular flexibility index (Phi) is 6.50. The Morgan fingerprint density at radius 2 is 2.07 bits per heavy atom. The van der Waals surface area contributed by atoms with Gasteiger partial charge in [0.15, 0.2) is 9.84 Å². The zero-order valence-electron chi connectivity index (χ0n) is 15.4. The van der Waals surface area contributed by atoms with Gasteiger partial charge in [-0.1, -0.05) is 18.5 Å². The summed E-state index contributed by atoms with van der Waals surface area (Å²) < 4.78 is 39.4. The molecule has 29 heavy (non-hydrogen) atoms. The van der Waals surface area contributed by atoms with Gasteiger partial charge >= 0.3 is 0 Å². The number of halogens is 2. The molecule has 2 aromatic carbocycles. The van der Waals surface area contributed by atoms with Crippen LogP contribution in [0.2, 0.25) is 5.02 Å². The number of hydrogen-bond acceptors (Lipinski definition) is 5. The van der Waals surface area contributed by atoms with Crippen molar-refractivity contribution in [3.05, 3.63) is 47.2 Å². The van der Waals surface area contributed by atoms with Crippen LogP contribution in [0.15, 0.2) is 46.2 Å². The summed E-state index contributed by atoms with van der Waals surface area (Å²) >= 11 is 7.15. The van der Waals surface area contributed by atoms with E-state index in [4.69, 9.17) is 11.6 Å². The second kappa shape index (κ2) is 8.73. The van der Waals surface area contributed by atoms with E-state index in [-0.39, 0.29) is 21.5 Å². The molecule has 154 valence electrons. The van der Waals surface area contributed by atoms with E-state index in [1.807, 2.05) is 0 Å². The van der Waals surface area contributed by atoms with Gasteiger partial charge < -0.3 is 10.6 Å². The molecular formula is C19H18ClFN2O4S2. The monoisotopic (exact) mass is 456 g/mol. The van der Waals surface area contributed by atoms with Crippen LogP contribution in [-0.2, 0) is 19.4 Å². The number of sulfone groups is 1. The van der Waals surface area contributed by atoms with Gasteiger partial charge in [0.05, 0.1) is 22.0 Å². The van der Waals surface area contributed by atoms with Gasteiger partial charge in [-0.15, -0.1) is 11.8 Å². The Hall–Kier alpha value is -2.10. The van der Waals surface area contributed by atoms with Crippen molar-refractivity contribution in [2.75, 3.05) is 22.1 Å². The molecule has 1 aliphatic rings. The van der Waals surface area contributed by atoms with E-state index in [0.29, 0.717) is 17.9 Å². The smallest absolute Gasteiger partial charge is 0.228 e. The summed E-state index contributed by atoms with van der Waals surface area (Å²) in [5, 5.41) is 5.26. The van der Waals surface area contributed by atoms with E-state index in [1.54, 1.807) is 6.07 Å². The summed E-state index contributed by atoms with van der Waals surface area (Å²) in [4.78, 5) is 24.9. The third-order valence-corrected chi connectivity index (χ3v) is 7.50. The van der Waals surface area contributed by atoms with Crippen molar-refractivity contribution < 1.29 is 22.4 Å². The summed E-state index contributed by atoms with van der Waals surface area (Å²) in [5.41, 5.74) is 0.368. The zero-order chi connectivity index (χ0) is 21.2. The molecule has 10 heteroatoms. The number of carbonyl (C=O) groups is 2. The van der Waals surface area contributed by atoms with Crippen molar-refractivity contribution in [1.82, 2.24) is 0 Å². The van der Waals surface area contributed by atoms with E-state index >= 15 is 0 Å². The molecule has 0 aliphatic carbocycles. The number of hydrogen-bond donors (Lipinski definition) is 2. The Bertz CT molecular complexity index is 1080. The standard InChI is InChI=1S/C19H18ClFN2O4S2/c1-11(19(25)23-15-4-2-12(20)8-14(15)21)10-29(26,27)13-3-5-17-16(9-13)22-18(24)6-7-28-17/h2-5,8-9,11H,6-7,10H2,1H3,(H,22,24)(H,23,25)/t11-/m1/s1. The first-order valence-corrected chi connectivity index (χ1v) is 11.7. The van der Waals surface area contributed by atoms with Crippen LogP contribution in [0.3, 0.4) is 0 Å². The quantitative estimate of drug-likeness (QED) is 0.710. The van der Waals surface area contributed by atoms with Gasteiger partial charge in [0.25, 0.3) is 0 Å². The van der Waals surface area contributed by atoms with E-state index in [9.17, 15) is 22.4 Å². The van der Waals surface area contributed by atoms with Crippen LogP contribution in [0.25, 0.3) is 0 Å². The first-order chi connectivity index (χ1) is 13.7. The van der Waals surface area contributed by atoms with Crippen LogP contribution in [0.4, 0.5) is 15.8 Å². The lowest BCUT2D eigenvalue weighted by Gasteiger charge is -2.14. The fourth-order valence-corrected chi connectivity index (χ4v) is 5.41. The molecule has 0 bridgehead atoms. The van der Waals surface area contributed by atoms with Crippen LogP contribution in [0, 0.1) is 11.7 Å². The number of carbonyl (C=O) groups excluding carboxylic acids is 2. The predicted molar refractivity (Wildman–Crippen MR) is 112 cm³/mol. The van der Waals surface area contributed by atoms with Crippen molar-refractivity contribution in [2.45, 2.75) is 23.1 Å². The number of anilines is 2. The molecule has 0 radical (unpaired) electrons. The van der Waals surface area contributed by atoms with E-state index in [0.717, 1.165) is 11.0 Å². The lowest BCUT2D eigenvalue weighted by atomic mass is 10.2. The Morgan fingerprint density at radius 3 is 2.79 bits per heavy atom. The van der Waals surface area contributed by atoms with Gasteiger partial charge in [-0.2, -0.15) is 0 Å². The second-order valence-corrected chi connectivity index (χ2v) is 10.2. The summed E-state index contributed by atoms with van der Waals surface area (Å²) in [6.45, 7) is 1.45. The lowest BCUT2D eigenvalue weighted by molar-refractivity contribution is -0.119. The van der Waals surface area contributed by atoms with Gasteiger partial charge in [0.2, 0.25) is 11.8 Å². The fourth-order valence-electron chi connectivity index (χ4n) is 2.74. The molecule has 1 heterocycles. The molecule has 0 saturated heterocycles. The maximum atomic E-state index is 13.8. The third-order valence-electron chi connectivity index (χ3n) is 4.28. The molecule has 0 unspecified atom stereocenters. The van der Waals surface area contributed by atoms with Crippen LogP contribution in [0.1, 0.15) is 13.3 Å². The van der Waals surface area contributed by atoms with Crippen molar-refractivity contribution in [1.29, 1.82) is 0 Å². The number of benzene rings is 2. The highest BCUT2D eigenvalue weighted by Gasteiger charge is 2.25. The molecule has 0 fully saturated rings. The first-order valence-electron chi connectivity index (χ1n) is 8.71. The maximum Gasteiger partial charge on any atom is 0.228 e. The highest BCUT2D eigenvalue weighted by Crippen LogP contribution is 2.33. The normalized spacial score (nSPS) is 15.1. The predicted octanol–water partition coefficient (Wildman–Crippen LogP) is 3.96. The zero-order valence-corrected chi connectivity index (χ0v) is 17.8. The van der Waals surface area contributed by atoms with E-state index in [1.165, 1.54) is 43.0 Å². The van der Waals surface area contributed by atoms with Crippen LogP contribution >= 0.6 is 23.4 Å². The van der Waals surface area contributed by atoms with Crippen LogP contribution in [-0.4, -0.2) is 31.7 Å². The Morgan fingerprint density at radius 1 is 1.31 bits per heavy atom. The number of rotatable bonds is 5. The van der Waals surface area contributed by atoms with Crippen molar-refractivity contribution in [3.63, 3.8) is 0 Å². The molecule has 6 nitrogen and oxygen atoms in total. The van der Waals surface area contributed by atoms with Gasteiger partial charge in [0.1, 0.15) is 5.82 Å². The first kappa shape index (κ1) is 21.6. The minimum atomic E-state index is -3.81. The molecule has 1 atom stereocenters. The average Bonchev–Trinajstić information content (AvgIpc) is 2.83. The minimum absolute atomic E-state index is 0.0105. The highest BCUT2D eigenvalue weighted by atomic mass is 35.5. The summed E-state index contributed by atoms with van der Waals surface area (Å²) in [7, 11) is -3.81. The van der Waals surface area contributed by atoms with Gasteiger partial charge in [-0.25, -0.2) is 12.8 Å². The van der Waals surface area contributed by atoms with Crippen molar-refractivity contribution in [3.8, 4) is 0 Å². The molecule has 0 aromatic heterocycles.